The molecular formula is C11H11FN2S. The highest BCUT2D eigenvalue weighted by Crippen LogP contribution is 2.22. The fraction of sp³-hybridized carbons (Fsp3) is 0.182. The van der Waals surface area contributed by atoms with Crippen LogP contribution in [0.5, 0.6) is 0 Å². The Bertz CT molecular complexity index is 460. The van der Waals surface area contributed by atoms with Crippen LogP contribution < -0.4 is 5.73 Å². The second-order valence-corrected chi connectivity index (χ2v) is 4.71. The van der Waals surface area contributed by atoms with Crippen molar-refractivity contribution < 1.29 is 4.39 Å². The van der Waals surface area contributed by atoms with Gasteiger partial charge in [-0.1, -0.05) is 0 Å². The monoisotopic (exact) mass is 222 g/mol. The molecule has 2 nitrogen and oxygen atoms in total. The lowest BCUT2D eigenvalue weighted by atomic mass is 10.2. The number of halogens is 1. The van der Waals surface area contributed by atoms with Gasteiger partial charge in [-0.25, -0.2) is 4.39 Å². The van der Waals surface area contributed by atoms with E-state index in [1.807, 2.05) is 6.07 Å². The van der Waals surface area contributed by atoms with Gasteiger partial charge in [0.25, 0.3) is 0 Å². The third-order valence-corrected chi connectivity index (χ3v) is 3.13. The van der Waals surface area contributed by atoms with E-state index in [4.69, 9.17) is 5.73 Å². The van der Waals surface area contributed by atoms with Gasteiger partial charge in [0.1, 0.15) is 5.82 Å². The van der Waals surface area contributed by atoms with Crippen LogP contribution in [0.4, 0.5) is 10.1 Å². The van der Waals surface area contributed by atoms with E-state index < -0.39 is 0 Å². The number of pyridine rings is 1. The van der Waals surface area contributed by atoms with Crippen LogP contribution in [-0.4, -0.2) is 4.98 Å². The molecule has 0 aliphatic rings. The number of anilines is 1. The molecule has 0 aromatic carbocycles. The molecule has 15 heavy (non-hydrogen) atoms. The molecule has 2 rings (SSSR count). The SMILES string of the molecule is Cc1sc(Cc2cc(N)ccn2)cc1F. The highest BCUT2D eigenvalue weighted by Gasteiger charge is 2.06. The summed E-state index contributed by atoms with van der Waals surface area (Å²) in [4.78, 5) is 5.87. The first-order valence-corrected chi connectivity index (χ1v) is 5.42. The first-order valence-electron chi connectivity index (χ1n) is 4.60. The summed E-state index contributed by atoms with van der Waals surface area (Å²) >= 11 is 1.46. The largest absolute Gasteiger partial charge is 0.399 e. The lowest BCUT2D eigenvalue weighted by Gasteiger charge is -1.98. The topological polar surface area (TPSA) is 38.9 Å². The minimum Gasteiger partial charge on any atom is -0.399 e. The van der Waals surface area contributed by atoms with Crippen molar-refractivity contribution in [1.82, 2.24) is 4.98 Å². The zero-order valence-corrected chi connectivity index (χ0v) is 9.14. The number of hydrogen-bond acceptors (Lipinski definition) is 3. The molecule has 4 heteroatoms. The van der Waals surface area contributed by atoms with Crippen molar-refractivity contribution in [2.75, 3.05) is 5.73 Å². The molecule has 2 heterocycles. The number of rotatable bonds is 2. The Morgan fingerprint density at radius 1 is 1.47 bits per heavy atom. The normalized spacial score (nSPS) is 10.5. The van der Waals surface area contributed by atoms with E-state index in [1.54, 1.807) is 25.3 Å². The van der Waals surface area contributed by atoms with Crippen LogP contribution in [0.15, 0.2) is 24.4 Å². The van der Waals surface area contributed by atoms with Crippen molar-refractivity contribution in [3.8, 4) is 0 Å². The molecule has 2 N–H and O–H groups in total. The Hall–Kier alpha value is -1.42. The van der Waals surface area contributed by atoms with Crippen molar-refractivity contribution in [2.45, 2.75) is 13.3 Å². The second kappa shape index (κ2) is 3.98. The third-order valence-electron chi connectivity index (χ3n) is 2.10. The number of thiophene rings is 1. The first kappa shape index (κ1) is 10.1. The summed E-state index contributed by atoms with van der Waals surface area (Å²) in [5.41, 5.74) is 7.20. The van der Waals surface area contributed by atoms with Crippen molar-refractivity contribution in [1.29, 1.82) is 0 Å². The Morgan fingerprint density at radius 2 is 2.27 bits per heavy atom. The number of hydrogen-bond donors (Lipinski definition) is 1. The molecule has 2 aromatic heterocycles. The van der Waals surface area contributed by atoms with Crippen LogP contribution in [0.3, 0.4) is 0 Å². The average Bonchev–Trinajstić information content (AvgIpc) is 2.45. The van der Waals surface area contributed by atoms with Gasteiger partial charge in [-0.2, -0.15) is 0 Å². The lowest BCUT2D eigenvalue weighted by Crippen LogP contribution is -1.92. The van der Waals surface area contributed by atoms with E-state index in [0.29, 0.717) is 17.0 Å². The summed E-state index contributed by atoms with van der Waals surface area (Å²) in [6.07, 6.45) is 2.31. The Labute approximate surface area is 91.6 Å². The van der Waals surface area contributed by atoms with Gasteiger partial charge in [-0.3, -0.25) is 4.98 Å². The Morgan fingerprint density at radius 3 is 2.87 bits per heavy atom. The van der Waals surface area contributed by atoms with Gasteiger partial charge in [0.2, 0.25) is 0 Å². The van der Waals surface area contributed by atoms with Crippen LogP contribution in [0.25, 0.3) is 0 Å². The van der Waals surface area contributed by atoms with E-state index in [1.165, 1.54) is 11.3 Å². The zero-order chi connectivity index (χ0) is 10.8. The Kier molecular flexibility index (Phi) is 2.68. The van der Waals surface area contributed by atoms with Crippen LogP contribution in [0, 0.1) is 12.7 Å². The average molecular weight is 222 g/mol. The third kappa shape index (κ3) is 2.33. The van der Waals surface area contributed by atoms with E-state index in [2.05, 4.69) is 4.98 Å². The molecule has 0 saturated carbocycles. The predicted octanol–water partition coefficient (Wildman–Crippen LogP) is 2.76. The molecule has 0 spiro atoms. The molecule has 0 radical (unpaired) electrons. The molecule has 0 bridgehead atoms. The smallest absolute Gasteiger partial charge is 0.137 e. The van der Waals surface area contributed by atoms with Gasteiger partial charge in [-0.05, 0) is 25.1 Å². The van der Waals surface area contributed by atoms with Gasteiger partial charge in [0.15, 0.2) is 0 Å². The molecule has 0 saturated heterocycles. The van der Waals surface area contributed by atoms with Crippen LogP contribution in [0.2, 0.25) is 0 Å². The van der Waals surface area contributed by atoms with Crippen molar-refractivity contribution in [3.05, 3.63) is 45.7 Å². The summed E-state index contributed by atoms with van der Waals surface area (Å²) in [5.74, 6) is -0.140. The maximum absolute atomic E-state index is 13.1. The Balaban J connectivity index is 2.22. The van der Waals surface area contributed by atoms with E-state index in [9.17, 15) is 4.39 Å². The van der Waals surface area contributed by atoms with Gasteiger partial charge in [0, 0.05) is 33.8 Å². The fourth-order valence-corrected chi connectivity index (χ4v) is 2.31. The molecule has 2 aromatic rings. The van der Waals surface area contributed by atoms with Gasteiger partial charge < -0.3 is 5.73 Å². The van der Waals surface area contributed by atoms with Crippen LogP contribution in [-0.2, 0) is 6.42 Å². The number of nitrogens with zero attached hydrogens (tertiary/aromatic N) is 1. The molecule has 0 aliphatic carbocycles. The predicted molar refractivity (Wildman–Crippen MR) is 60.5 cm³/mol. The second-order valence-electron chi connectivity index (χ2n) is 3.37. The standard InChI is InChI=1S/C11H11FN2S/c1-7-11(12)6-10(15-7)5-9-4-8(13)2-3-14-9/h2-4,6H,5H2,1H3,(H2,13,14). The molecule has 0 amide bonds. The minimum absolute atomic E-state index is 0.140. The highest BCUT2D eigenvalue weighted by molar-refractivity contribution is 7.11. The lowest BCUT2D eigenvalue weighted by molar-refractivity contribution is 0.625. The summed E-state index contributed by atoms with van der Waals surface area (Å²) in [5, 5.41) is 0. The quantitative estimate of drug-likeness (QED) is 0.848. The zero-order valence-electron chi connectivity index (χ0n) is 8.33. The summed E-state index contributed by atoms with van der Waals surface area (Å²) in [6.45, 7) is 1.77. The number of aryl methyl sites for hydroxylation is 1. The van der Waals surface area contributed by atoms with E-state index >= 15 is 0 Å². The van der Waals surface area contributed by atoms with Gasteiger partial charge >= 0.3 is 0 Å². The molecule has 0 atom stereocenters. The summed E-state index contributed by atoms with van der Waals surface area (Å²) in [7, 11) is 0. The molecule has 0 aliphatic heterocycles. The first-order chi connectivity index (χ1) is 7.15. The summed E-state index contributed by atoms with van der Waals surface area (Å²) < 4.78 is 13.1. The van der Waals surface area contributed by atoms with Crippen molar-refractivity contribution >= 4 is 17.0 Å². The molecule has 78 valence electrons. The van der Waals surface area contributed by atoms with Crippen molar-refractivity contribution in [2.24, 2.45) is 0 Å². The fourth-order valence-electron chi connectivity index (χ4n) is 1.38. The highest BCUT2D eigenvalue weighted by atomic mass is 32.1. The van der Waals surface area contributed by atoms with Crippen LogP contribution in [0.1, 0.15) is 15.4 Å². The molecular weight excluding hydrogens is 211 g/mol. The maximum Gasteiger partial charge on any atom is 0.137 e. The number of nitrogens with two attached hydrogens (primary N) is 1. The maximum atomic E-state index is 13.1. The van der Waals surface area contributed by atoms with Crippen LogP contribution >= 0.6 is 11.3 Å². The minimum atomic E-state index is -0.140. The number of aromatic nitrogens is 1. The van der Waals surface area contributed by atoms with E-state index in [-0.39, 0.29) is 5.82 Å². The van der Waals surface area contributed by atoms with Crippen molar-refractivity contribution in [3.63, 3.8) is 0 Å². The van der Waals surface area contributed by atoms with Gasteiger partial charge in [0.05, 0.1) is 0 Å². The summed E-state index contributed by atoms with van der Waals surface area (Å²) in [6, 6.07) is 5.11. The van der Waals surface area contributed by atoms with Gasteiger partial charge in [-0.15, -0.1) is 11.3 Å². The molecule has 0 fully saturated rings. The molecule has 0 unspecified atom stereocenters. The number of nitrogen functional groups attached to an aromatic ring is 1. The van der Waals surface area contributed by atoms with E-state index in [0.717, 1.165) is 10.6 Å².